The first kappa shape index (κ1) is 17.8. The number of pyridine rings is 1. The van der Waals surface area contributed by atoms with Gasteiger partial charge in [0.2, 0.25) is 5.91 Å². The summed E-state index contributed by atoms with van der Waals surface area (Å²) in [6.07, 6.45) is -1.88. The first-order valence-corrected chi connectivity index (χ1v) is 8.70. The standard InChI is InChI=1S/C19H18F3N3O2/c20-19(21,22)27-15-6-2-1-4-13(15)12-25-10-7-18(8-11-25)14-5-3-9-23-16(14)24-17(18)26/h1-6,9H,7-8,10-12H2,(H,23,24,26). The van der Waals surface area contributed by atoms with Crippen LogP contribution < -0.4 is 10.1 Å². The lowest BCUT2D eigenvalue weighted by molar-refractivity contribution is -0.275. The van der Waals surface area contributed by atoms with Crippen molar-refractivity contribution in [3.8, 4) is 5.75 Å². The van der Waals surface area contributed by atoms with Crippen molar-refractivity contribution in [2.24, 2.45) is 0 Å². The highest BCUT2D eigenvalue weighted by Gasteiger charge is 2.48. The third-order valence-electron chi connectivity index (χ3n) is 5.29. The van der Waals surface area contributed by atoms with E-state index in [4.69, 9.17) is 0 Å². The molecule has 1 amide bonds. The zero-order valence-corrected chi connectivity index (χ0v) is 14.4. The molecule has 1 N–H and O–H groups in total. The van der Waals surface area contributed by atoms with Gasteiger partial charge in [-0.3, -0.25) is 9.69 Å². The van der Waals surface area contributed by atoms with Crippen molar-refractivity contribution in [3.63, 3.8) is 0 Å². The second-order valence-electron chi connectivity index (χ2n) is 6.87. The molecule has 1 spiro atoms. The third-order valence-corrected chi connectivity index (χ3v) is 5.29. The van der Waals surface area contributed by atoms with E-state index in [1.807, 2.05) is 17.0 Å². The average molecular weight is 377 g/mol. The second kappa shape index (κ2) is 6.53. The summed E-state index contributed by atoms with van der Waals surface area (Å²) < 4.78 is 41.9. The van der Waals surface area contributed by atoms with Crippen LogP contribution in [-0.4, -0.2) is 35.2 Å². The number of nitrogens with zero attached hydrogens (tertiary/aromatic N) is 2. The quantitative estimate of drug-likeness (QED) is 0.890. The minimum absolute atomic E-state index is 0.0448. The van der Waals surface area contributed by atoms with Crippen molar-refractivity contribution in [3.05, 3.63) is 53.7 Å². The average Bonchev–Trinajstić information content (AvgIpc) is 2.89. The van der Waals surface area contributed by atoms with E-state index in [2.05, 4.69) is 15.0 Å². The summed E-state index contributed by atoms with van der Waals surface area (Å²) in [6, 6.07) is 9.90. The number of aromatic nitrogens is 1. The van der Waals surface area contributed by atoms with Gasteiger partial charge in [-0.15, -0.1) is 13.2 Å². The summed E-state index contributed by atoms with van der Waals surface area (Å²) in [6.45, 7) is 1.54. The second-order valence-corrected chi connectivity index (χ2v) is 6.87. The van der Waals surface area contributed by atoms with E-state index in [0.717, 1.165) is 5.56 Å². The fourth-order valence-electron chi connectivity index (χ4n) is 3.93. The first-order chi connectivity index (χ1) is 12.9. The minimum atomic E-state index is -4.72. The minimum Gasteiger partial charge on any atom is -0.405 e. The molecule has 0 radical (unpaired) electrons. The number of rotatable bonds is 3. The number of anilines is 1. The number of fused-ring (bicyclic) bond motifs is 2. The molecule has 1 aromatic carbocycles. The number of halogens is 3. The van der Waals surface area contributed by atoms with E-state index in [-0.39, 0.29) is 11.7 Å². The summed E-state index contributed by atoms with van der Waals surface area (Å²) in [4.78, 5) is 18.8. The van der Waals surface area contributed by atoms with Crippen LogP contribution in [0.3, 0.4) is 0 Å². The van der Waals surface area contributed by atoms with E-state index in [0.29, 0.717) is 43.9 Å². The SMILES string of the molecule is O=C1Nc2ncccc2C12CCN(Cc1ccccc1OC(F)(F)F)CC2. The van der Waals surface area contributed by atoms with Crippen molar-refractivity contribution in [1.29, 1.82) is 0 Å². The molecule has 142 valence electrons. The molecule has 4 rings (SSSR count). The largest absolute Gasteiger partial charge is 0.573 e. The Labute approximate surface area is 154 Å². The Hall–Kier alpha value is -2.61. The highest BCUT2D eigenvalue weighted by molar-refractivity contribution is 6.05. The van der Waals surface area contributed by atoms with Gasteiger partial charge in [0, 0.05) is 23.9 Å². The third kappa shape index (κ3) is 3.37. The van der Waals surface area contributed by atoms with Crippen LogP contribution in [0.1, 0.15) is 24.0 Å². The van der Waals surface area contributed by atoms with Gasteiger partial charge < -0.3 is 10.1 Å². The van der Waals surface area contributed by atoms with Crippen LogP contribution in [0.2, 0.25) is 0 Å². The zero-order chi connectivity index (χ0) is 19.1. The van der Waals surface area contributed by atoms with E-state index < -0.39 is 11.8 Å². The molecule has 2 aliphatic rings. The maximum absolute atomic E-state index is 12.6. The number of ether oxygens (including phenoxy) is 1. The Morgan fingerprint density at radius 3 is 2.63 bits per heavy atom. The Bertz CT molecular complexity index is 861. The maximum atomic E-state index is 12.6. The molecule has 0 atom stereocenters. The van der Waals surface area contributed by atoms with Crippen LogP contribution in [0.25, 0.3) is 0 Å². The number of benzene rings is 1. The fraction of sp³-hybridized carbons (Fsp3) is 0.368. The van der Waals surface area contributed by atoms with Gasteiger partial charge in [-0.1, -0.05) is 24.3 Å². The van der Waals surface area contributed by atoms with E-state index in [9.17, 15) is 18.0 Å². The van der Waals surface area contributed by atoms with Gasteiger partial charge in [-0.2, -0.15) is 0 Å². The van der Waals surface area contributed by atoms with Gasteiger partial charge in [0.25, 0.3) is 0 Å². The summed E-state index contributed by atoms with van der Waals surface area (Å²) >= 11 is 0. The van der Waals surface area contributed by atoms with Crippen LogP contribution in [-0.2, 0) is 16.8 Å². The Balaban J connectivity index is 1.48. The monoisotopic (exact) mass is 377 g/mol. The van der Waals surface area contributed by atoms with Crippen molar-refractivity contribution in [2.45, 2.75) is 31.2 Å². The van der Waals surface area contributed by atoms with Crippen molar-refractivity contribution >= 4 is 11.7 Å². The molecule has 27 heavy (non-hydrogen) atoms. The van der Waals surface area contributed by atoms with Crippen molar-refractivity contribution < 1.29 is 22.7 Å². The predicted molar refractivity (Wildman–Crippen MR) is 92.2 cm³/mol. The van der Waals surface area contributed by atoms with E-state index >= 15 is 0 Å². The summed E-state index contributed by atoms with van der Waals surface area (Å²) in [7, 11) is 0. The van der Waals surface area contributed by atoms with Gasteiger partial charge in [0.1, 0.15) is 11.6 Å². The van der Waals surface area contributed by atoms with Crippen LogP contribution in [0.5, 0.6) is 5.75 Å². The number of piperidine rings is 1. The number of alkyl halides is 3. The number of carbonyl (C=O) groups excluding carboxylic acids is 1. The highest BCUT2D eigenvalue weighted by atomic mass is 19.4. The number of amides is 1. The van der Waals surface area contributed by atoms with Gasteiger partial charge in [0.15, 0.2) is 0 Å². The molecule has 0 aliphatic carbocycles. The zero-order valence-electron chi connectivity index (χ0n) is 14.4. The molecule has 5 nitrogen and oxygen atoms in total. The molecule has 1 fully saturated rings. The molecule has 0 bridgehead atoms. The predicted octanol–water partition coefficient (Wildman–Crippen LogP) is 3.47. The van der Waals surface area contributed by atoms with Gasteiger partial charge in [-0.05, 0) is 38.1 Å². The van der Waals surface area contributed by atoms with Gasteiger partial charge in [0.05, 0.1) is 5.41 Å². The topological polar surface area (TPSA) is 54.5 Å². The highest BCUT2D eigenvalue weighted by Crippen LogP contribution is 2.44. The smallest absolute Gasteiger partial charge is 0.405 e. The maximum Gasteiger partial charge on any atom is 0.573 e. The van der Waals surface area contributed by atoms with Crippen molar-refractivity contribution in [2.75, 3.05) is 18.4 Å². The van der Waals surface area contributed by atoms with E-state index in [1.54, 1.807) is 18.3 Å². The summed E-state index contributed by atoms with van der Waals surface area (Å²) in [5.41, 5.74) is 0.793. The lowest BCUT2D eigenvalue weighted by Gasteiger charge is -2.38. The molecular weight excluding hydrogens is 359 g/mol. The molecular formula is C19H18F3N3O2. The summed E-state index contributed by atoms with van der Waals surface area (Å²) in [5.74, 6) is 0.384. The van der Waals surface area contributed by atoms with Crippen LogP contribution in [0.15, 0.2) is 42.6 Å². The van der Waals surface area contributed by atoms with E-state index in [1.165, 1.54) is 12.1 Å². The van der Waals surface area contributed by atoms with Crippen LogP contribution in [0, 0.1) is 0 Å². The lowest BCUT2D eigenvalue weighted by atomic mass is 9.74. The molecule has 0 unspecified atom stereocenters. The van der Waals surface area contributed by atoms with Gasteiger partial charge >= 0.3 is 6.36 Å². The molecule has 3 heterocycles. The van der Waals surface area contributed by atoms with Crippen LogP contribution >= 0.6 is 0 Å². The number of carbonyl (C=O) groups is 1. The van der Waals surface area contributed by atoms with Crippen LogP contribution in [0.4, 0.5) is 19.0 Å². The molecule has 1 saturated heterocycles. The number of para-hydroxylation sites is 1. The Morgan fingerprint density at radius 2 is 1.89 bits per heavy atom. The Morgan fingerprint density at radius 1 is 1.15 bits per heavy atom. The molecule has 2 aliphatic heterocycles. The van der Waals surface area contributed by atoms with Gasteiger partial charge in [-0.25, -0.2) is 4.98 Å². The number of likely N-dealkylation sites (tertiary alicyclic amines) is 1. The number of hydrogen-bond acceptors (Lipinski definition) is 4. The van der Waals surface area contributed by atoms with Crippen molar-refractivity contribution in [1.82, 2.24) is 9.88 Å². The normalized spacial score (nSPS) is 19.0. The molecule has 8 heteroatoms. The lowest BCUT2D eigenvalue weighted by Crippen LogP contribution is -2.46. The number of hydrogen-bond donors (Lipinski definition) is 1. The molecule has 1 aromatic heterocycles. The molecule has 0 saturated carbocycles. The Kier molecular flexibility index (Phi) is 4.30. The molecule has 2 aromatic rings. The summed E-state index contributed by atoms with van der Waals surface area (Å²) in [5, 5.41) is 2.84. The number of nitrogens with one attached hydrogen (secondary N) is 1. The first-order valence-electron chi connectivity index (χ1n) is 8.70. The fourth-order valence-corrected chi connectivity index (χ4v) is 3.93.